The molecule has 41 heavy (non-hydrogen) atoms. The number of nitrogens with zero attached hydrogens (tertiary/aromatic N) is 1. The monoisotopic (exact) mass is 565 g/mol. The Morgan fingerprint density at radius 2 is 1.83 bits per heavy atom. The molecule has 2 aromatic carbocycles. The first-order chi connectivity index (χ1) is 19.3. The number of likely N-dealkylation sites (tertiary alicyclic amines) is 1. The summed E-state index contributed by atoms with van der Waals surface area (Å²) in [7, 11) is 0. The van der Waals surface area contributed by atoms with Crippen LogP contribution in [0.3, 0.4) is 0 Å². The molecule has 1 aromatic heterocycles. The highest BCUT2D eigenvalue weighted by atomic mass is 16.6. The Bertz CT molecular complexity index is 1550. The lowest BCUT2D eigenvalue weighted by atomic mass is 9.79. The number of aryl methyl sites for hydroxylation is 1. The number of benzene rings is 1. The van der Waals surface area contributed by atoms with Crippen molar-refractivity contribution < 1.29 is 28.6 Å². The molecule has 0 saturated carbocycles. The summed E-state index contributed by atoms with van der Waals surface area (Å²) >= 11 is 0. The van der Waals surface area contributed by atoms with E-state index >= 15 is 0 Å². The molecule has 0 aliphatic carbocycles. The van der Waals surface area contributed by atoms with E-state index in [-0.39, 0.29) is 28.0 Å². The van der Waals surface area contributed by atoms with E-state index in [9.17, 15) is 24.3 Å². The van der Waals surface area contributed by atoms with Gasteiger partial charge in [0.25, 0.3) is 16.8 Å². The van der Waals surface area contributed by atoms with Crippen LogP contribution in [0.25, 0.3) is 0 Å². The second-order valence-corrected chi connectivity index (χ2v) is 12.1. The number of esters is 1. The first-order valence-corrected chi connectivity index (χ1v) is 13.7. The molecule has 0 radical (unpaired) electrons. The number of para-hydroxylation sites is 1. The van der Waals surface area contributed by atoms with E-state index in [2.05, 4.69) is 10.6 Å². The molecule has 218 valence electrons. The maximum absolute atomic E-state index is 13.5. The molecule has 2 aliphatic rings. The molecular weight excluding hydrogens is 530 g/mol. The minimum absolute atomic E-state index is 0.0279. The van der Waals surface area contributed by atoms with Crippen LogP contribution < -0.4 is 21.5 Å². The standard InChI is InChI=1S/C30H35N3O8/c1-16-11-12-20(40-16)26(30(5)14-39-15-30)32-22-21(24(35)25(22)36)31-18-9-6-8-17(23(18)34)27(37)33-13-7-10-19(33)28(38)41-29(2,3)4/h6,8-9,11-12,19,26,31-32,34H,7,10,13-15H2,1-5H3. The topological polar surface area (TPSA) is 147 Å². The molecule has 11 nitrogen and oxygen atoms in total. The van der Waals surface area contributed by atoms with Gasteiger partial charge in [-0.05, 0) is 64.8 Å². The van der Waals surface area contributed by atoms with E-state index in [0.717, 1.165) is 0 Å². The minimum Gasteiger partial charge on any atom is -0.505 e. The number of carbonyl (C=O) groups is 2. The zero-order valence-electron chi connectivity index (χ0n) is 23.8. The molecule has 3 aromatic rings. The quantitative estimate of drug-likeness (QED) is 0.209. The van der Waals surface area contributed by atoms with Crippen molar-refractivity contribution in [1.29, 1.82) is 0 Å². The highest BCUT2D eigenvalue weighted by Gasteiger charge is 2.45. The molecule has 2 saturated heterocycles. The molecule has 0 bridgehead atoms. The Morgan fingerprint density at radius 1 is 1.12 bits per heavy atom. The van der Waals surface area contributed by atoms with Crippen molar-refractivity contribution in [1.82, 2.24) is 4.90 Å². The van der Waals surface area contributed by atoms with E-state index in [0.29, 0.717) is 44.1 Å². The first kappa shape index (κ1) is 28.4. The van der Waals surface area contributed by atoms with Crippen molar-refractivity contribution in [2.45, 2.75) is 65.1 Å². The Hall–Kier alpha value is -4.12. The summed E-state index contributed by atoms with van der Waals surface area (Å²) in [6, 6.07) is 6.92. The van der Waals surface area contributed by atoms with E-state index in [1.807, 2.05) is 26.0 Å². The van der Waals surface area contributed by atoms with Crippen LogP contribution >= 0.6 is 0 Å². The number of phenols is 1. The van der Waals surface area contributed by atoms with Gasteiger partial charge in [0.05, 0.1) is 30.5 Å². The molecule has 11 heteroatoms. The number of phenolic OH excluding ortho intramolecular Hbond substituents is 1. The van der Waals surface area contributed by atoms with Crippen molar-refractivity contribution in [2.24, 2.45) is 5.41 Å². The zero-order valence-corrected chi connectivity index (χ0v) is 23.8. The van der Waals surface area contributed by atoms with Gasteiger partial charge in [-0.1, -0.05) is 13.0 Å². The first-order valence-electron chi connectivity index (χ1n) is 13.7. The van der Waals surface area contributed by atoms with Crippen LogP contribution in [0.4, 0.5) is 17.1 Å². The molecule has 2 unspecified atom stereocenters. The number of rotatable bonds is 8. The van der Waals surface area contributed by atoms with Crippen molar-refractivity contribution >= 4 is 28.9 Å². The van der Waals surface area contributed by atoms with Gasteiger partial charge in [0, 0.05) is 12.0 Å². The predicted octanol–water partition coefficient (Wildman–Crippen LogP) is 3.77. The Labute approximate surface area is 237 Å². The fraction of sp³-hybridized carbons (Fsp3) is 0.467. The lowest BCUT2D eigenvalue weighted by Gasteiger charge is -2.44. The minimum atomic E-state index is -0.763. The summed E-state index contributed by atoms with van der Waals surface area (Å²) in [5.74, 6) is -0.119. The Kier molecular flexibility index (Phi) is 7.19. The maximum Gasteiger partial charge on any atom is 0.329 e. The van der Waals surface area contributed by atoms with Crippen LogP contribution in [-0.2, 0) is 14.3 Å². The van der Waals surface area contributed by atoms with Crippen LogP contribution in [0, 0.1) is 12.3 Å². The maximum atomic E-state index is 13.5. The van der Waals surface area contributed by atoms with Gasteiger partial charge in [0.15, 0.2) is 5.75 Å². The normalized spacial score (nSPS) is 19.0. The third-order valence-corrected chi connectivity index (χ3v) is 7.52. The van der Waals surface area contributed by atoms with Gasteiger partial charge in [0.2, 0.25) is 0 Å². The Morgan fingerprint density at radius 3 is 2.44 bits per heavy atom. The summed E-state index contributed by atoms with van der Waals surface area (Å²) in [5, 5.41) is 17.1. The molecular formula is C30H35N3O8. The number of ether oxygens (including phenoxy) is 2. The van der Waals surface area contributed by atoms with Gasteiger partial charge in [-0.3, -0.25) is 14.4 Å². The van der Waals surface area contributed by atoms with Gasteiger partial charge in [-0.15, -0.1) is 0 Å². The fourth-order valence-corrected chi connectivity index (χ4v) is 5.31. The SMILES string of the molecule is Cc1ccc(C(Nc2c(Nc3cccc(C(=O)N4CCCC4C(=O)OC(C)(C)C)c3O)c(=O)c2=O)C2(C)COC2)o1. The predicted molar refractivity (Wildman–Crippen MR) is 151 cm³/mol. The zero-order chi connectivity index (χ0) is 29.7. The molecule has 1 amide bonds. The second kappa shape index (κ2) is 10.4. The van der Waals surface area contributed by atoms with Crippen LogP contribution in [0.2, 0.25) is 0 Å². The highest BCUT2D eigenvalue weighted by Crippen LogP contribution is 2.43. The van der Waals surface area contributed by atoms with Gasteiger partial charge in [-0.2, -0.15) is 0 Å². The molecule has 2 atom stereocenters. The third kappa shape index (κ3) is 5.33. The number of hydrogen-bond acceptors (Lipinski definition) is 10. The number of amides is 1. The second-order valence-electron chi connectivity index (χ2n) is 12.1. The number of nitrogens with one attached hydrogen (secondary N) is 2. The van der Waals surface area contributed by atoms with E-state index in [4.69, 9.17) is 13.9 Å². The molecule has 5 rings (SSSR count). The smallest absolute Gasteiger partial charge is 0.329 e. The summed E-state index contributed by atoms with van der Waals surface area (Å²) in [4.78, 5) is 52.9. The molecule has 2 aliphatic heterocycles. The fourth-order valence-electron chi connectivity index (χ4n) is 5.31. The van der Waals surface area contributed by atoms with Crippen molar-refractivity contribution in [3.63, 3.8) is 0 Å². The highest BCUT2D eigenvalue weighted by molar-refractivity contribution is 6.01. The van der Waals surface area contributed by atoms with Crippen LogP contribution in [0.1, 0.15) is 68.5 Å². The molecule has 3 heterocycles. The average molecular weight is 566 g/mol. The third-order valence-electron chi connectivity index (χ3n) is 7.52. The van der Waals surface area contributed by atoms with Gasteiger partial charge in [-0.25, -0.2) is 4.79 Å². The summed E-state index contributed by atoms with van der Waals surface area (Å²) in [5.41, 5.74) is -2.47. The van der Waals surface area contributed by atoms with E-state index in [1.54, 1.807) is 26.8 Å². The number of aromatic hydroxyl groups is 1. The number of furan rings is 1. The van der Waals surface area contributed by atoms with Gasteiger partial charge in [0.1, 0.15) is 34.5 Å². The number of carbonyl (C=O) groups excluding carboxylic acids is 2. The molecule has 3 N–H and O–H groups in total. The average Bonchev–Trinajstić information content (AvgIpc) is 3.55. The lowest BCUT2D eigenvalue weighted by Crippen LogP contribution is -2.49. The van der Waals surface area contributed by atoms with E-state index < -0.39 is 46.2 Å². The van der Waals surface area contributed by atoms with Crippen molar-refractivity contribution in [3.05, 3.63) is 67.9 Å². The lowest BCUT2D eigenvalue weighted by molar-refractivity contribution is -0.159. The van der Waals surface area contributed by atoms with Gasteiger partial charge < -0.3 is 34.5 Å². The number of hydrogen-bond donors (Lipinski definition) is 3. The van der Waals surface area contributed by atoms with Gasteiger partial charge >= 0.3 is 5.97 Å². The Balaban J connectivity index is 1.39. The summed E-state index contributed by atoms with van der Waals surface area (Å²) in [6.45, 7) is 10.3. The largest absolute Gasteiger partial charge is 0.505 e. The van der Waals surface area contributed by atoms with Crippen molar-refractivity contribution in [3.8, 4) is 5.75 Å². The van der Waals surface area contributed by atoms with Crippen LogP contribution in [0.5, 0.6) is 5.75 Å². The van der Waals surface area contributed by atoms with E-state index in [1.165, 1.54) is 17.0 Å². The summed E-state index contributed by atoms with van der Waals surface area (Å²) < 4.78 is 16.8. The van der Waals surface area contributed by atoms with Crippen LogP contribution in [0.15, 0.2) is 44.3 Å². The van der Waals surface area contributed by atoms with Crippen molar-refractivity contribution in [2.75, 3.05) is 30.4 Å². The number of anilines is 3. The van der Waals surface area contributed by atoms with Crippen LogP contribution in [-0.4, -0.2) is 53.3 Å². The molecule has 0 spiro atoms. The summed E-state index contributed by atoms with van der Waals surface area (Å²) in [6.07, 6.45) is 1.07. The molecule has 2 fully saturated rings.